The molecule has 0 bridgehead atoms. The number of nitrogens with one attached hydrogen (secondary N) is 1. The SMILES string of the molecule is COc1ccc(-n2c(C)cc(/C=N/NC(=O)c3ccc(-n4c(C)ccc4-c4ccccc4)cc3)c2C)cc1. The highest BCUT2D eigenvalue weighted by Gasteiger charge is 2.12. The Morgan fingerprint density at radius 1 is 0.789 bits per heavy atom. The molecule has 38 heavy (non-hydrogen) atoms. The second kappa shape index (κ2) is 10.6. The number of ether oxygens (including phenoxy) is 1. The predicted octanol–water partition coefficient (Wildman–Crippen LogP) is 6.63. The number of amides is 1. The van der Waals surface area contributed by atoms with Gasteiger partial charge in [0.05, 0.1) is 19.0 Å². The van der Waals surface area contributed by atoms with Crippen molar-refractivity contribution in [1.82, 2.24) is 14.6 Å². The predicted molar refractivity (Wildman–Crippen MR) is 153 cm³/mol. The van der Waals surface area contributed by atoms with Crippen LogP contribution in [-0.2, 0) is 0 Å². The van der Waals surface area contributed by atoms with Gasteiger partial charge in [-0.3, -0.25) is 4.79 Å². The van der Waals surface area contributed by atoms with Crippen molar-refractivity contribution in [1.29, 1.82) is 0 Å². The molecule has 0 aliphatic carbocycles. The van der Waals surface area contributed by atoms with E-state index in [2.05, 4.69) is 50.9 Å². The molecule has 0 spiro atoms. The largest absolute Gasteiger partial charge is 0.497 e. The molecule has 0 fully saturated rings. The lowest BCUT2D eigenvalue weighted by Crippen LogP contribution is -2.17. The lowest BCUT2D eigenvalue weighted by atomic mass is 10.1. The van der Waals surface area contributed by atoms with Crippen LogP contribution in [0, 0.1) is 20.8 Å². The number of methoxy groups -OCH3 is 1. The van der Waals surface area contributed by atoms with E-state index in [0.29, 0.717) is 5.56 Å². The molecular formula is C32H30N4O2. The Balaban J connectivity index is 1.30. The van der Waals surface area contributed by atoms with Crippen LogP contribution in [0.25, 0.3) is 22.6 Å². The molecule has 0 unspecified atom stereocenters. The summed E-state index contributed by atoms with van der Waals surface area (Å²) >= 11 is 0. The first-order valence-electron chi connectivity index (χ1n) is 12.5. The van der Waals surface area contributed by atoms with E-state index in [9.17, 15) is 4.79 Å². The maximum Gasteiger partial charge on any atom is 0.271 e. The molecule has 5 aromatic rings. The van der Waals surface area contributed by atoms with Crippen molar-refractivity contribution in [3.8, 4) is 28.4 Å². The van der Waals surface area contributed by atoms with E-state index in [1.165, 1.54) is 0 Å². The molecule has 0 atom stereocenters. The molecule has 6 heteroatoms. The van der Waals surface area contributed by atoms with Gasteiger partial charge in [0.15, 0.2) is 0 Å². The summed E-state index contributed by atoms with van der Waals surface area (Å²) in [4.78, 5) is 12.8. The quantitative estimate of drug-likeness (QED) is 0.201. The highest BCUT2D eigenvalue weighted by atomic mass is 16.5. The molecule has 1 amide bonds. The lowest BCUT2D eigenvalue weighted by molar-refractivity contribution is 0.0955. The standard InChI is InChI=1S/C32H30N4O2/c1-22-10-19-31(25-8-6-5-7-9-25)36(22)29-13-11-26(12-14-29)32(37)34-33-21-27-20-23(2)35(24(27)3)28-15-17-30(38-4)18-16-28/h5-21H,1-4H3,(H,34,37)/b33-21+. The summed E-state index contributed by atoms with van der Waals surface area (Å²) in [6.07, 6.45) is 1.68. The van der Waals surface area contributed by atoms with E-state index < -0.39 is 0 Å². The minimum atomic E-state index is -0.260. The van der Waals surface area contributed by atoms with Gasteiger partial charge in [0.2, 0.25) is 0 Å². The molecule has 2 heterocycles. The summed E-state index contributed by atoms with van der Waals surface area (Å²) in [6.45, 7) is 6.16. The Morgan fingerprint density at radius 3 is 2.13 bits per heavy atom. The van der Waals surface area contributed by atoms with Gasteiger partial charge in [-0.15, -0.1) is 0 Å². The lowest BCUT2D eigenvalue weighted by Gasteiger charge is -2.12. The number of benzene rings is 3. The Morgan fingerprint density at radius 2 is 1.45 bits per heavy atom. The number of aryl methyl sites for hydroxylation is 2. The summed E-state index contributed by atoms with van der Waals surface area (Å²) in [5.41, 5.74) is 11.7. The number of rotatable bonds is 7. The van der Waals surface area contributed by atoms with Crippen molar-refractivity contribution in [3.63, 3.8) is 0 Å². The molecule has 0 aliphatic rings. The third-order valence-corrected chi connectivity index (χ3v) is 6.70. The number of hydrogen-bond donors (Lipinski definition) is 1. The van der Waals surface area contributed by atoms with Crippen LogP contribution in [0.3, 0.4) is 0 Å². The molecule has 0 saturated heterocycles. The summed E-state index contributed by atoms with van der Waals surface area (Å²) in [7, 11) is 1.66. The van der Waals surface area contributed by atoms with E-state index in [0.717, 1.165) is 51.0 Å². The molecule has 0 radical (unpaired) electrons. The van der Waals surface area contributed by atoms with Crippen molar-refractivity contribution in [2.45, 2.75) is 20.8 Å². The minimum Gasteiger partial charge on any atom is -0.497 e. The zero-order valence-electron chi connectivity index (χ0n) is 22.0. The van der Waals surface area contributed by atoms with E-state index in [1.807, 2.05) is 86.6 Å². The van der Waals surface area contributed by atoms with E-state index in [1.54, 1.807) is 13.3 Å². The first-order chi connectivity index (χ1) is 18.5. The van der Waals surface area contributed by atoms with Crippen LogP contribution in [0.15, 0.2) is 102 Å². The fraction of sp³-hybridized carbons (Fsp3) is 0.125. The summed E-state index contributed by atoms with van der Waals surface area (Å²) in [5, 5.41) is 4.23. The maximum atomic E-state index is 12.8. The van der Waals surface area contributed by atoms with Crippen molar-refractivity contribution < 1.29 is 9.53 Å². The smallest absolute Gasteiger partial charge is 0.271 e. The van der Waals surface area contributed by atoms with E-state index in [4.69, 9.17) is 4.74 Å². The molecule has 3 aromatic carbocycles. The number of carbonyl (C=O) groups is 1. The van der Waals surface area contributed by atoms with E-state index in [-0.39, 0.29) is 5.91 Å². The maximum absolute atomic E-state index is 12.8. The van der Waals surface area contributed by atoms with Crippen molar-refractivity contribution in [3.05, 3.63) is 125 Å². The van der Waals surface area contributed by atoms with Crippen molar-refractivity contribution in [2.24, 2.45) is 5.10 Å². The monoisotopic (exact) mass is 502 g/mol. The molecule has 5 rings (SSSR count). The Hall–Kier alpha value is -4.84. The van der Waals surface area contributed by atoms with Gasteiger partial charge in [-0.2, -0.15) is 5.10 Å². The highest BCUT2D eigenvalue weighted by Crippen LogP contribution is 2.26. The zero-order chi connectivity index (χ0) is 26.6. The van der Waals surface area contributed by atoms with Gasteiger partial charge in [0, 0.05) is 39.6 Å². The summed E-state index contributed by atoms with van der Waals surface area (Å²) in [5.74, 6) is 0.554. The van der Waals surface area contributed by atoms with Gasteiger partial charge in [-0.05, 0) is 93.1 Å². The summed E-state index contributed by atoms with van der Waals surface area (Å²) in [6, 6.07) is 32.0. The molecule has 6 nitrogen and oxygen atoms in total. The van der Waals surface area contributed by atoms with Crippen LogP contribution < -0.4 is 10.2 Å². The average Bonchev–Trinajstić information content (AvgIpc) is 3.47. The van der Waals surface area contributed by atoms with Gasteiger partial charge in [-0.1, -0.05) is 30.3 Å². The Labute approximate surface area is 222 Å². The Kier molecular flexibility index (Phi) is 6.96. The van der Waals surface area contributed by atoms with Crippen LogP contribution >= 0.6 is 0 Å². The average molecular weight is 503 g/mol. The van der Waals surface area contributed by atoms with Crippen LogP contribution in [0.5, 0.6) is 5.75 Å². The van der Waals surface area contributed by atoms with Crippen LogP contribution in [0.4, 0.5) is 0 Å². The van der Waals surface area contributed by atoms with Gasteiger partial charge in [-0.25, -0.2) is 5.43 Å². The third-order valence-electron chi connectivity index (χ3n) is 6.70. The second-order valence-electron chi connectivity index (χ2n) is 9.17. The van der Waals surface area contributed by atoms with Crippen molar-refractivity contribution >= 4 is 12.1 Å². The Bertz CT molecular complexity index is 1590. The molecular weight excluding hydrogens is 472 g/mol. The first kappa shape index (κ1) is 24.8. The molecule has 0 aliphatic heterocycles. The molecule has 190 valence electrons. The third kappa shape index (κ3) is 4.89. The number of carbonyl (C=O) groups excluding carboxylic acids is 1. The number of aromatic nitrogens is 2. The van der Waals surface area contributed by atoms with Crippen LogP contribution in [-0.4, -0.2) is 28.4 Å². The number of hydrogen-bond acceptors (Lipinski definition) is 3. The fourth-order valence-electron chi connectivity index (χ4n) is 4.75. The number of hydrazone groups is 1. The van der Waals surface area contributed by atoms with Crippen LogP contribution in [0.2, 0.25) is 0 Å². The fourth-order valence-corrected chi connectivity index (χ4v) is 4.75. The highest BCUT2D eigenvalue weighted by molar-refractivity contribution is 5.95. The zero-order valence-corrected chi connectivity index (χ0v) is 22.0. The van der Waals surface area contributed by atoms with Crippen LogP contribution in [0.1, 0.15) is 33.0 Å². The van der Waals surface area contributed by atoms with Crippen molar-refractivity contribution in [2.75, 3.05) is 7.11 Å². The van der Waals surface area contributed by atoms with E-state index >= 15 is 0 Å². The van der Waals surface area contributed by atoms with Gasteiger partial charge < -0.3 is 13.9 Å². The molecule has 2 aromatic heterocycles. The first-order valence-corrected chi connectivity index (χ1v) is 12.5. The normalized spacial score (nSPS) is 11.2. The molecule has 1 N–H and O–H groups in total. The second-order valence-corrected chi connectivity index (χ2v) is 9.17. The minimum absolute atomic E-state index is 0.260. The molecule has 0 saturated carbocycles. The van der Waals surface area contributed by atoms with Gasteiger partial charge in [0.1, 0.15) is 5.75 Å². The summed E-state index contributed by atoms with van der Waals surface area (Å²) < 4.78 is 9.60. The van der Waals surface area contributed by atoms with Gasteiger partial charge >= 0.3 is 0 Å². The topological polar surface area (TPSA) is 60.5 Å². The number of nitrogens with zero attached hydrogens (tertiary/aromatic N) is 3. The van der Waals surface area contributed by atoms with Gasteiger partial charge in [0.25, 0.3) is 5.91 Å².